The third-order valence-corrected chi connectivity index (χ3v) is 4.43. The molecule has 0 saturated heterocycles. The van der Waals surface area contributed by atoms with Gasteiger partial charge in [0.25, 0.3) is 0 Å². The molecule has 1 aliphatic rings. The van der Waals surface area contributed by atoms with E-state index in [1.165, 1.54) is 5.57 Å². The van der Waals surface area contributed by atoms with Gasteiger partial charge in [-0.2, -0.15) is 5.10 Å². The lowest BCUT2D eigenvalue weighted by molar-refractivity contribution is 0.0502. The van der Waals surface area contributed by atoms with Crippen molar-refractivity contribution in [3.05, 3.63) is 53.3 Å². The predicted octanol–water partition coefficient (Wildman–Crippen LogP) is 4.99. The minimum Gasteiger partial charge on any atom is -0.444 e. The number of nitrogens with zero attached hydrogens (tertiary/aromatic N) is 2. The van der Waals surface area contributed by atoms with E-state index in [-0.39, 0.29) is 12.1 Å². The number of ether oxygens (including phenoxy) is 1. The Labute approximate surface area is 159 Å². The first-order valence-electron chi connectivity index (χ1n) is 8.80. The summed E-state index contributed by atoms with van der Waals surface area (Å²) < 4.78 is 7.16. The molecule has 2 aromatic rings. The van der Waals surface area contributed by atoms with Gasteiger partial charge < -0.3 is 10.1 Å². The van der Waals surface area contributed by atoms with Gasteiger partial charge in [-0.1, -0.05) is 17.7 Å². The van der Waals surface area contributed by atoms with Crippen LogP contribution in [-0.4, -0.2) is 27.5 Å². The topological polar surface area (TPSA) is 56.1 Å². The summed E-state index contributed by atoms with van der Waals surface area (Å²) in [5.41, 5.74) is 2.86. The maximum atomic E-state index is 11.9. The van der Waals surface area contributed by atoms with E-state index in [1.54, 1.807) is 0 Å². The van der Waals surface area contributed by atoms with Crippen LogP contribution in [0.4, 0.5) is 4.79 Å². The molecule has 0 bridgehead atoms. The highest BCUT2D eigenvalue weighted by Gasteiger charge is 2.21. The van der Waals surface area contributed by atoms with Gasteiger partial charge in [0.15, 0.2) is 0 Å². The van der Waals surface area contributed by atoms with Crippen LogP contribution in [0.5, 0.6) is 0 Å². The second-order valence-electron chi connectivity index (χ2n) is 7.50. The molecule has 1 atom stereocenters. The minimum atomic E-state index is -0.476. The van der Waals surface area contributed by atoms with Crippen LogP contribution >= 0.6 is 11.6 Å². The van der Waals surface area contributed by atoms with E-state index in [2.05, 4.69) is 16.5 Å². The van der Waals surface area contributed by atoms with Gasteiger partial charge in [-0.15, -0.1) is 0 Å². The molecule has 138 valence electrons. The second kappa shape index (κ2) is 7.54. The molecular formula is C20H24ClN3O2. The number of aromatic nitrogens is 2. The van der Waals surface area contributed by atoms with Gasteiger partial charge in [-0.25, -0.2) is 9.48 Å². The third kappa shape index (κ3) is 4.88. The van der Waals surface area contributed by atoms with E-state index in [1.807, 2.05) is 62.1 Å². The van der Waals surface area contributed by atoms with Crippen molar-refractivity contribution in [1.82, 2.24) is 15.1 Å². The van der Waals surface area contributed by atoms with Gasteiger partial charge in [0.1, 0.15) is 5.60 Å². The Morgan fingerprint density at radius 1 is 1.31 bits per heavy atom. The van der Waals surface area contributed by atoms with E-state index in [9.17, 15) is 4.79 Å². The highest BCUT2D eigenvalue weighted by atomic mass is 35.5. The van der Waals surface area contributed by atoms with E-state index < -0.39 is 5.60 Å². The van der Waals surface area contributed by atoms with Crippen LogP contribution in [0.2, 0.25) is 5.02 Å². The molecule has 1 amide bonds. The summed E-state index contributed by atoms with van der Waals surface area (Å²) in [6.45, 7) is 5.59. The van der Waals surface area contributed by atoms with Crippen LogP contribution in [0.25, 0.3) is 11.3 Å². The summed E-state index contributed by atoms with van der Waals surface area (Å²) in [7, 11) is 0. The quantitative estimate of drug-likeness (QED) is 0.824. The number of hydrogen-bond donors (Lipinski definition) is 1. The number of alkyl carbamates (subject to hydrolysis) is 1. The van der Waals surface area contributed by atoms with Crippen molar-refractivity contribution in [2.24, 2.45) is 0 Å². The Morgan fingerprint density at radius 3 is 2.65 bits per heavy atom. The molecule has 0 saturated carbocycles. The Morgan fingerprint density at radius 2 is 2.04 bits per heavy atom. The van der Waals surface area contributed by atoms with Gasteiger partial charge in [-0.3, -0.25) is 0 Å². The zero-order valence-corrected chi connectivity index (χ0v) is 16.1. The molecule has 0 aliphatic heterocycles. The first-order chi connectivity index (χ1) is 12.3. The fraction of sp³-hybridized carbons (Fsp3) is 0.400. The lowest BCUT2D eigenvalue weighted by Gasteiger charge is -2.25. The molecule has 1 heterocycles. The fourth-order valence-electron chi connectivity index (χ4n) is 2.93. The van der Waals surface area contributed by atoms with Crippen molar-refractivity contribution < 1.29 is 9.53 Å². The summed E-state index contributed by atoms with van der Waals surface area (Å²) in [5.74, 6) is 0. The van der Waals surface area contributed by atoms with Crippen LogP contribution in [0.1, 0.15) is 45.6 Å². The van der Waals surface area contributed by atoms with Crippen LogP contribution in [0.15, 0.2) is 42.7 Å². The third-order valence-electron chi connectivity index (χ3n) is 4.18. The van der Waals surface area contributed by atoms with E-state index >= 15 is 0 Å². The van der Waals surface area contributed by atoms with Crippen LogP contribution < -0.4 is 5.32 Å². The molecule has 5 nitrogen and oxygen atoms in total. The molecule has 3 rings (SSSR count). The van der Waals surface area contributed by atoms with Crippen molar-refractivity contribution in [1.29, 1.82) is 0 Å². The Hall–Kier alpha value is -2.27. The second-order valence-corrected chi connectivity index (χ2v) is 7.93. The lowest BCUT2D eigenvalue weighted by atomic mass is 9.92. The average Bonchev–Trinajstić information content (AvgIpc) is 3.04. The maximum Gasteiger partial charge on any atom is 0.407 e. The normalized spacial score (nSPS) is 17.5. The molecule has 1 N–H and O–H groups in total. The van der Waals surface area contributed by atoms with Gasteiger partial charge >= 0.3 is 6.09 Å². The first-order valence-corrected chi connectivity index (χ1v) is 9.17. The number of amides is 1. The number of carbonyl (C=O) groups excluding carboxylic acids is 1. The van der Waals surface area contributed by atoms with Gasteiger partial charge in [0, 0.05) is 22.8 Å². The molecular weight excluding hydrogens is 350 g/mol. The fourth-order valence-corrected chi connectivity index (χ4v) is 3.05. The summed E-state index contributed by atoms with van der Waals surface area (Å²) in [6.07, 6.45) is 8.30. The zero-order valence-electron chi connectivity index (χ0n) is 15.3. The molecule has 0 spiro atoms. The van der Waals surface area contributed by atoms with Crippen molar-refractivity contribution in [3.63, 3.8) is 0 Å². The molecule has 1 aliphatic carbocycles. The van der Waals surface area contributed by atoms with E-state index in [0.29, 0.717) is 5.02 Å². The Bertz CT molecular complexity index is 803. The number of rotatable bonds is 3. The number of halogens is 1. The Balaban J connectivity index is 1.61. The number of allylic oxidation sites excluding steroid dienone is 1. The molecule has 0 fully saturated rings. The van der Waals surface area contributed by atoms with Crippen LogP contribution in [0, 0.1) is 0 Å². The summed E-state index contributed by atoms with van der Waals surface area (Å²) in [4.78, 5) is 11.9. The van der Waals surface area contributed by atoms with E-state index in [4.69, 9.17) is 16.3 Å². The van der Waals surface area contributed by atoms with Gasteiger partial charge in [-0.05, 0) is 69.9 Å². The van der Waals surface area contributed by atoms with Gasteiger partial charge in [0.05, 0.1) is 11.9 Å². The number of benzene rings is 1. The van der Waals surface area contributed by atoms with E-state index in [0.717, 1.165) is 30.5 Å². The van der Waals surface area contributed by atoms with Gasteiger partial charge in [0.2, 0.25) is 0 Å². The number of carbonyl (C=O) groups is 1. The molecule has 1 aromatic heterocycles. The summed E-state index contributed by atoms with van der Waals surface area (Å²) in [6, 6.07) is 7.69. The molecule has 1 aromatic carbocycles. The lowest BCUT2D eigenvalue weighted by Crippen LogP contribution is -2.39. The molecule has 6 heteroatoms. The Kier molecular flexibility index (Phi) is 5.37. The number of nitrogens with one attached hydrogen (secondary N) is 1. The molecule has 26 heavy (non-hydrogen) atoms. The first kappa shape index (κ1) is 18.5. The number of hydrogen-bond acceptors (Lipinski definition) is 3. The zero-order chi connectivity index (χ0) is 18.7. The van der Waals surface area contributed by atoms with Crippen molar-refractivity contribution in [2.45, 2.75) is 51.7 Å². The predicted molar refractivity (Wildman–Crippen MR) is 104 cm³/mol. The standard InChI is InChI=1S/C20H24ClN3O2/c1-20(2,3)26-19(25)23-17-8-4-14(5-9-17)15-12-22-24(13-15)18-10-6-16(21)7-11-18/h4,6-7,10-13,17H,5,8-9H2,1-3H3,(H,23,25). The summed E-state index contributed by atoms with van der Waals surface area (Å²) >= 11 is 5.93. The average molecular weight is 374 g/mol. The van der Waals surface area contributed by atoms with Crippen molar-refractivity contribution in [2.75, 3.05) is 0 Å². The summed E-state index contributed by atoms with van der Waals surface area (Å²) in [5, 5.41) is 8.09. The molecule has 0 radical (unpaired) electrons. The molecule has 1 unspecified atom stereocenters. The van der Waals surface area contributed by atoms with Crippen LogP contribution in [-0.2, 0) is 4.74 Å². The SMILES string of the molecule is CC(C)(C)OC(=O)NC1CC=C(c2cnn(-c3ccc(Cl)cc3)c2)CC1. The smallest absolute Gasteiger partial charge is 0.407 e. The maximum absolute atomic E-state index is 11.9. The minimum absolute atomic E-state index is 0.111. The highest BCUT2D eigenvalue weighted by molar-refractivity contribution is 6.30. The van der Waals surface area contributed by atoms with Crippen molar-refractivity contribution in [3.8, 4) is 5.69 Å². The largest absolute Gasteiger partial charge is 0.444 e. The van der Waals surface area contributed by atoms with Crippen molar-refractivity contribution >= 4 is 23.3 Å². The monoisotopic (exact) mass is 373 g/mol. The highest BCUT2D eigenvalue weighted by Crippen LogP contribution is 2.27. The van der Waals surface area contributed by atoms with Crippen LogP contribution in [0.3, 0.4) is 0 Å².